The van der Waals surface area contributed by atoms with Gasteiger partial charge in [0.2, 0.25) is 0 Å². The van der Waals surface area contributed by atoms with E-state index < -0.39 is 0 Å². The summed E-state index contributed by atoms with van der Waals surface area (Å²) >= 11 is 0. The molecule has 18 heavy (non-hydrogen) atoms. The van der Waals surface area contributed by atoms with Gasteiger partial charge < -0.3 is 11.1 Å². The number of benzene rings is 1. The Bertz CT molecular complexity index is 332. The van der Waals surface area contributed by atoms with Crippen molar-refractivity contribution < 1.29 is 0 Å². The van der Waals surface area contributed by atoms with Gasteiger partial charge in [-0.15, -0.1) is 0 Å². The second kappa shape index (κ2) is 8.90. The van der Waals surface area contributed by atoms with Crippen molar-refractivity contribution in [2.45, 2.75) is 38.6 Å². The summed E-state index contributed by atoms with van der Waals surface area (Å²) < 4.78 is 0. The minimum Gasteiger partial charge on any atom is -0.329 e. The molecule has 100 valence electrons. The van der Waals surface area contributed by atoms with Gasteiger partial charge >= 0.3 is 0 Å². The van der Waals surface area contributed by atoms with Gasteiger partial charge in [-0.1, -0.05) is 49.4 Å². The van der Waals surface area contributed by atoms with E-state index in [4.69, 9.17) is 5.73 Å². The standard InChI is InChI=1S/C16H26N2/c1-3-4-8-11-18-16(13-17)12-14(2)15-9-6-5-7-10-15/h3-7,9-10,14,16,18H,8,11-13,17H2,1-2H3/b4-3+. The lowest BCUT2D eigenvalue weighted by molar-refractivity contribution is 0.461. The number of nitrogens with two attached hydrogens (primary N) is 1. The van der Waals surface area contributed by atoms with E-state index in [1.54, 1.807) is 0 Å². The van der Waals surface area contributed by atoms with Gasteiger partial charge in [-0.05, 0) is 37.8 Å². The van der Waals surface area contributed by atoms with Gasteiger partial charge in [0.15, 0.2) is 0 Å². The van der Waals surface area contributed by atoms with Gasteiger partial charge in [0, 0.05) is 12.6 Å². The molecule has 0 saturated carbocycles. The highest BCUT2D eigenvalue weighted by Crippen LogP contribution is 2.19. The van der Waals surface area contributed by atoms with E-state index in [2.05, 4.69) is 61.6 Å². The highest BCUT2D eigenvalue weighted by atomic mass is 14.9. The Morgan fingerprint density at radius 1 is 1.28 bits per heavy atom. The summed E-state index contributed by atoms with van der Waals surface area (Å²) in [6.45, 7) is 6.03. The van der Waals surface area contributed by atoms with Crippen LogP contribution >= 0.6 is 0 Å². The third-order valence-corrected chi connectivity index (χ3v) is 3.27. The van der Waals surface area contributed by atoms with Gasteiger partial charge in [-0.3, -0.25) is 0 Å². The Kier molecular flexibility index (Phi) is 7.38. The van der Waals surface area contributed by atoms with Crippen molar-refractivity contribution in [2.75, 3.05) is 13.1 Å². The van der Waals surface area contributed by atoms with Crippen molar-refractivity contribution >= 4 is 0 Å². The number of nitrogens with one attached hydrogen (secondary N) is 1. The van der Waals surface area contributed by atoms with Crippen molar-refractivity contribution in [3.63, 3.8) is 0 Å². The van der Waals surface area contributed by atoms with Crippen molar-refractivity contribution in [3.8, 4) is 0 Å². The number of hydrogen-bond donors (Lipinski definition) is 2. The topological polar surface area (TPSA) is 38.0 Å². The number of allylic oxidation sites excluding steroid dienone is 1. The van der Waals surface area contributed by atoms with Crippen molar-refractivity contribution in [1.29, 1.82) is 0 Å². The van der Waals surface area contributed by atoms with Crippen molar-refractivity contribution in [1.82, 2.24) is 5.32 Å². The summed E-state index contributed by atoms with van der Waals surface area (Å²) in [5, 5.41) is 3.53. The maximum Gasteiger partial charge on any atom is 0.0196 e. The smallest absolute Gasteiger partial charge is 0.0196 e. The summed E-state index contributed by atoms with van der Waals surface area (Å²) in [5.41, 5.74) is 7.23. The number of hydrogen-bond acceptors (Lipinski definition) is 2. The molecule has 0 fully saturated rings. The molecular formula is C16H26N2. The van der Waals surface area contributed by atoms with E-state index >= 15 is 0 Å². The Balaban J connectivity index is 2.38. The molecule has 0 aliphatic rings. The summed E-state index contributed by atoms with van der Waals surface area (Å²) in [6, 6.07) is 11.1. The molecule has 0 amide bonds. The molecule has 0 heterocycles. The molecule has 0 radical (unpaired) electrons. The summed E-state index contributed by atoms with van der Waals surface area (Å²) in [6.07, 6.45) is 6.44. The Labute approximate surface area is 111 Å². The van der Waals surface area contributed by atoms with Crippen LogP contribution in [0, 0.1) is 0 Å². The van der Waals surface area contributed by atoms with Crippen molar-refractivity contribution in [3.05, 3.63) is 48.0 Å². The third kappa shape index (κ3) is 5.48. The molecule has 0 bridgehead atoms. The first-order chi connectivity index (χ1) is 8.77. The van der Waals surface area contributed by atoms with Crippen LogP contribution in [0.15, 0.2) is 42.5 Å². The molecule has 2 atom stereocenters. The van der Waals surface area contributed by atoms with Gasteiger partial charge in [-0.2, -0.15) is 0 Å². The van der Waals surface area contributed by atoms with Gasteiger partial charge in [0.25, 0.3) is 0 Å². The fourth-order valence-corrected chi connectivity index (χ4v) is 2.14. The fraction of sp³-hybridized carbons (Fsp3) is 0.500. The average molecular weight is 246 g/mol. The molecule has 2 heteroatoms. The first-order valence-electron chi connectivity index (χ1n) is 6.87. The second-order valence-electron chi connectivity index (χ2n) is 4.79. The van der Waals surface area contributed by atoms with Crippen LogP contribution in [-0.4, -0.2) is 19.1 Å². The normalized spacial score (nSPS) is 14.8. The first kappa shape index (κ1) is 14.9. The van der Waals surface area contributed by atoms with Crippen LogP contribution in [-0.2, 0) is 0 Å². The zero-order valence-corrected chi connectivity index (χ0v) is 11.6. The highest BCUT2D eigenvalue weighted by Gasteiger charge is 2.12. The average Bonchev–Trinajstić information content (AvgIpc) is 2.43. The molecule has 2 nitrogen and oxygen atoms in total. The van der Waals surface area contributed by atoms with E-state index in [-0.39, 0.29) is 0 Å². The maximum atomic E-state index is 5.83. The van der Waals surface area contributed by atoms with E-state index in [1.165, 1.54) is 5.56 Å². The SMILES string of the molecule is C/C=C/CCNC(CN)CC(C)c1ccccc1. The minimum atomic E-state index is 0.408. The quantitative estimate of drug-likeness (QED) is 0.546. The molecule has 0 aliphatic heterocycles. The van der Waals surface area contributed by atoms with Crippen LogP contribution in [0.1, 0.15) is 38.2 Å². The molecule has 0 saturated heterocycles. The predicted molar refractivity (Wildman–Crippen MR) is 79.8 cm³/mol. The molecule has 1 aromatic rings. The molecule has 0 aliphatic carbocycles. The summed E-state index contributed by atoms with van der Waals surface area (Å²) in [4.78, 5) is 0. The van der Waals surface area contributed by atoms with Gasteiger partial charge in [-0.25, -0.2) is 0 Å². The van der Waals surface area contributed by atoms with E-state index in [1.807, 2.05) is 0 Å². The van der Waals surface area contributed by atoms with Gasteiger partial charge in [0.1, 0.15) is 0 Å². The molecule has 3 N–H and O–H groups in total. The zero-order chi connectivity index (χ0) is 13.2. The van der Waals surface area contributed by atoms with Crippen LogP contribution in [0.3, 0.4) is 0 Å². The van der Waals surface area contributed by atoms with Crippen LogP contribution in [0.2, 0.25) is 0 Å². The fourth-order valence-electron chi connectivity index (χ4n) is 2.14. The molecule has 0 aromatic heterocycles. The van der Waals surface area contributed by atoms with E-state index in [9.17, 15) is 0 Å². The monoisotopic (exact) mass is 246 g/mol. The number of rotatable bonds is 8. The molecule has 2 unspecified atom stereocenters. The molecule has 1 aromatic carbocycles. The predicted octanol–water partition coefficient (Wildman–Crippen LogP) is 3.06. The van der Waals surface area contributed by atoms with Crippen LogP contribution < -0.4 is 11.1 Å². The maximum absolute atomic E-state index is 5.83. The third-order valence-electron chi connectivity index (χ3n) is 3.27. The lowest BCUT2D eigenvalue weighted by Gasteiger charge is -2.21. The summed E-state index contributed by atoms with van der Waals surface area (Å²) in [7, 11) is 0. The zero-order valence-electron chi connectivity index (χ0n) is 11.6. The molecular weight excluding hydrogens is 220 g/mol. The Morgan fingerprint density at radius 2 is 2.00 bits per heavy atom. The van der Waals surface area contributed by atoms with Crippen LogP contribution in [0.4, 0.5) is 0 Å². The lowest BCUT2D eigenvalue weighted by Crippen LogP contribution is -2.37. The first-order valence-corrected chi connectivity index (χ1v) is 6.87. The van der Waals surface area contributed by atoms with Crippen molar-refractivity contribution in [2.24, 2.45) is 5.73 Å². The lowest BCUT2D eigenvalue weighted by atomic mass is 9.94. The molecule has 0 spiro atoms. The molecule has 1 rings (SSSR count). The van der Waals surface area contributed by atoms with Crippen LogP contribution in [0.5, 0.6) is 0 Å². The minimum absolute atomic E-state index is 0.408. The second-order valence-corrected chi connectivity index (χ2v) is 4.79. The Morgan fingerprint density at radius 3 is 2.61 bits per heavy atom. The largest absolute Gasteiger partial charge is 0.329 e. The van der Waals surface area contributed by atoms with Crippen LogP contribution in [0.25, 0.3) is 0 Å². The Hall–Kier alpha value is -1.12. The summed E-state index contributed by atoms with van der Waals surface area (Å²) in [5.74, 6) is 0.550. The van der Waals surface area contributed by atoms with E-state index in [0.29, 0.717) is 18.5 Å². The van der Waals surface area contributed by atoms with E-state index in [0.717, 1.165) is 19.4 Å². The van der Waals surface area contributed by atoms with Gasteiger partial charge in [0.05, 0.1) is 0 Å². The highest BCUT2D eigenvalue weighted by molar-refractivity contribution is 5.18.